The average molecular weight is 419 g/mol. The Hall–Kier alpha value is -1.22. The smallest absolute Gasteiger partial charge is 0.174 e. The van der Waals surface area contributed by atoms with Crippen molar-refractivity contribution in [3.8, 4) is 0 Å². The maximum atomic E-state index is 13.8. The number of hydrogen-bond donors (Lipinski definition) is 1. The van der Waals surface area contributed by atoms with Crippen molar-refractivity contribution in [2.24, 2.45) is 40.4 Å². The highest BCUT2D eigenvalue weighted by Crippen LogP contribution is 2.52. The van der Waals surface area contributed by atoms with E-state index in [4.69, 9.17) is 0 Å². The highest BCUT2D eigenvalue weighted by Gasteiger charge is 2.50. The summed E-state index contributed by atoms with van der Waals surface area (Å²) in [6, 6.07) is 0. The van der Waals surface area contributed by atoms with E-state index in [2.05, 4.69) is 41.5 Å². The lowest BCUT2D eigenvalue weighted by atomic mass is 9.57. The molecule has 3 nitrogen and oxygen atoms in total. The minimum absolute atomic E-state index is 0.0269. The molecule has 0 saturated heterocycles. The van der Waals surface area contributed by atoms with Gasteiger partial charge in [-0.25, -0.2) is 0 Å². The van der Waals surface area contributed by atoms with Gasteiger partial charge < -0.3 is 5.11 Å². The number of aliphatic hydroxyl groups is 1. The summed E-state index contributed by atoms with van der Waals surface area (Å²) in [7, 11) is 0. The van der Waals surface area contributed by atoms with Gasteiger partial charge in [0.2, 0.25) is 0 Å². The van der Waals surface area contributed by atoms with Crippen LogP contribution in [0.15, 0.2) is 23.3 Å². The predicted molar refractivity (Wildman–Crippen MR) is 126 cm³/mol. The lowest BCUT2D eigenvalue weighted by Gasteiger charge is -2.47. The number of carbonyl (C=O) groups is 2. The second-order valence-corrected chi connectivity index (χ2v) is 11.1. The number of allylic oxidation sites excluding steroid dienone is 4. The third kappa shape index (κ3) is 5.52. The Labute approximate surface area is 185 Å². The second-order valence-electron chi connectivity index (χ2n) is 11.1. The first-order valence-electron chi connectivity index (χ1n) is 11.8. The molecular weight excluding hydrogens is 372 g/mol. The van der Waals surface area contributed by atoms with Gasteiger partial charge in [0.05, 0.1) is 17.6 Å². The molecule has 1 aliphatic carbocycles. The van der Waals surface area contributed by atoms with E-state index >= 15 is 0 Å². The van der Waals surface area contributed by atoms with Gasteiger partial charge in [-0.05, 0) is 55.8 Å². The summed E-state index contributed by atoms with van der Waals surface area (Å²) in [5.41, 5.74) is 0.471. The molecule has 4 unspecified atom stereocenters. The third-order valence-electron chi connectivity index (χ3n) is 7.55. The summed E-state index contributed by atoms with van der Waals surface area (Å²) in [4.78, 5) is 26.8. The number of Topliss-reactive ketones (excluding diaryl/α,β-unsaturated/α-hetero) is 2. The third-order valence-corrected chi connectivity index (χ3v) is 7.55. The fourth-order valence-electron chi connectivity index (χ4n) is 5.79. The van der Waals surface area contributed by atoms with E-state index in [1.807, 2.05) is 39.8 Å². The minimum Gasteiger partial charge on any atom is -0.395 e. The van der Waals surface area contributed by atoms with Crippen molar-refractivity contribution in [3.63, 3.8) is 0 Å². The molecule has 0 fully saturated rings. The molecule has 0 aromatic rings. The molecule has 0 amide bonds. The minimum atomic E-state index is -0.935. The lowest BCUT2D eigenvalue weighted by molar-refractivity contribution is -0.132. The Kier molecular flexibility index (Phi) is 9.29. The molecule has 1 aliphatic rings. The number of carbonyl (C=O) groups excluding carboxylic acids is 2. The van der Waals surface area contributed by atoms with E-state index in [0.717, 1.165) is 12.0 Å². The summed E-state index contributed by atoms with van der Waals surface area (Å²) >= 11 is 0. The SMILES string of the molecule is CCC(C(C)C)C(C)(C)C1CC(CO)(CC=C(C)C)C(=O)C(C(=O)C(C)C)=CC1C. The zero-order chi connectivity index (χ0) is 23.4. The Bertz CT molecular complexity index is 676. The maximum Gasteiger partial charge on any atom is 0.174 e. The molecule has 0 aromatic heterocycles. The van der Waals surface area contributed by atoms with Gasteiger partial charge in [0.15, 0.2) is 11.6 Å². The van der Waals surface area contributed by atoms with E-state index in [0.29, 0.717) is 30.3 Å². The van der Waals surface area contributed by atoms with Crippen LogP contribution in [0.2, 0.25) is 0 Å². The second kappa shape index (κ2) is 10.4. The summed E-state index contributed by atoms with van der Waals surface area (Å²) in [5.74, 6) is 0.809. The zero-order valence-corrected chi connectivity index (χ0v) is 21.1. The first kappa shape index (κ1) is 26.8. The molecule has 1 rings (SSSR count). The monoisotopic (exact) mass is 418 g/mol. The van der Waals surface area contributed by atoms with Crippen molar-refractivity contribution in [1.82, 2.24) is 0 Å². The Balaban J connectivity index is 3.68. The molecule has 0 heterocycles. The van der Waals surface area contributed by atoms with Crippen LogP contribution in [-0.4, -0.2) is 23.3 Å². The van der Waals surface area contributed by atoms with E-state index in [9.17, 15) is 14.7 Å². The van der Waals surface area contributed by atoms with E-state index < -0.39 is 5.41 Å². The van der Waals surface area contributed by atoms with Crippen molar-refractivity contribution in [2.75, 3.05) is 6.61 Å². The van der Waals surface area contributed by atoms with Gasteiger partial charge in [0, 0.05) is 5.92 Å². The standard InChI is InChI=1S/C27H46O3/c1-11-22(18(4)5)26(9,10)23-15-27(16-28,13-12-17(2)3)25(30)21(14-20(23)8)24(29)19(6)7/h12,14,18-20,22-23,28H,11,13,15-16H2,1-10H3. The molecule has 3 heteroatoms. The van der Waals surface area contributed by atoms with Gasteiger partial charge in [-0.3, -0.25) is 9.59 Å². The van der Waals surface area contributed by atoms with Crippen LogP contribution in [0.1, 0.15) is 88.5 Å². The molecule has 4 atom stereocenters. The molecule has 0 bridgehead atoms. The lowest BCUT2D eigenvalue weighted by Crippen LogP contribution is -2.44. The fourth-order valence-corrected chi connectivity index (χ4v) is 5.79. The topological polar surface area (TPSA) is 54.4 Å². The highest BCUT2D eigenvalue weighted by molar-refractivity contribution is 6.22. The Morgan fingerprint density at radius 2 is 1.83 bits per heavy atom. The number of rotatable bonds is 9. The molecular formula is C27H46O3. The zero-order valence-electron chi connectivity index (χ0n) is 21.1. The number of ketones is 2. The Morgan fingerprint density at radius 1 is 1.27 bits per heavy atom. The molecule has 0 aliphatic heterocycles. The van der Waals surface area contributed by atoms with E-state index in [-0.39, 0.29) is 41.3 Å². The molecule has 30 heavy (non-hydrogen) atoms. The summed E-state index contributed by atoms with van der Waals surface area (Å²) in [5, 5.41) is 10.6. The van der Waals surface area contributed by atoms with Crippen LogP contribution in [0.4, 0.5) is 0 Å². The van der Waals surface area contributed by atoms with Gasteiger partial charge >= 0.3 is 0 Å². The van der Waals surface area contributed by atoms with Crippen LogP contribution < -0.4 is 0 Å². The number of hydrogen-bond acceptors (Lipinski definition) is 3. The van der Waals surface area contributed by atoms with Crippen molar-refractivity contribution in [1.29, 1.82) is 0 Å². The van der Waals surface area contributed by atoms with Crippen LogP contribution in [0.25, 0.3) is 0 Å². The van der Waals surface area contributed by atoms with Gasteiger partial charge in [-0.15, -0.1) is 0 Å². The van der Waals surface area contributed by atoms with Crippen LogP contribution in [0.5, 0.6) is 0 Å². The maximum absolute atomic E-state index is 13.8. The predicted octanol–water partition coefficient (Wildman–Crippen LogP) is 6.41. The summed E-state index contributed by atoms with van der Waals surface area (Å²) in [6.45, 7) is 21.1. The van der Waals surface area contributed by atoms with Crippen molar-refractivity contribution < 1.29 is 14.7 Å². The molecule has 172 valence electrons. The number of aliphatic hydroxyl groups excluding tert-OH is 1. The van der Waals surface area contributed by atoms with Crippen molar-refractivity contribution in [3.05, 3.63) is 23.3 Å². The fraction of sp³-hybridized carbons (Fsp3) is 0.778. The van der Waals surface area contributed by atoms with E-state index in [1.54, 1.807) is 0 Å². The van der Waals surface area contributed by atoms with Crippen molar-refractivity contribution >= 4 is 11.6 Å². The van der Waals surface area contributed by atoms with Crippen LogP contribution in [0.3, 0.4) is 0 Å². The highest BCUT2D eigenvalue weighted by atomic mass is 16.3. The van der Waals surface area contributed by atoms with Gasteiger partial charge in [0.1, 0.15) is 0 Å². The first-order valence-corrected chi connectivity index (χ1v) is 11.8. The summed E-state index contributed by atoms with van der Waals surface area (Å²) in [6.07, 6.45) is 6.14. The molecule has 0 radical (unpaired) electrons. The van der Waals surface area contributed by atoms with Crippen molar-refractivity contribution in [2.45, 2.75) is 88.5 Å². The van der Waals surface area contributed by atoms with Crippen LogP contribution in [0, 0.1) is 40.4 Å². The van der Waals surface area contributed by atoms with Gasteiger partial charge in [-0.1, -0.05) is 79.5 Å². The molecule has 1 N–H and O–H groups in total. The normalized spacial score (nSPS) is 26.4. The largest absolute Gasteiger partial charge is 0.395 e. The summed E-state index contributed by atoms with van der Waals surface area (Å²) < 4.78 is 0. The van der Waals surface area contributed by atoms with Gasteiger partial charge in [-0.2, -0.15) is 0 Å². The molecule has 0 saturated carbocycles. The quantitative estimate of drug-likeness (QED) is 0.348. The Morgan fingerprint density at radius 3 is 2.23 bits per heavy atom. The first-order chi connectivity index (χ1) is 13.7. The van der Waals surface area contributed by atoms with E-state index in [1.165, 1.54) is 0 Å². The van der Waals surface area contributed by atoms with Crippen LogP contribution in [-0.2, 0) is 9.59 Å². The average Bonchev–Trinajstić information content (AvgIpc) is 2.75. The molecule has 0 aromatic carbocycles. The van der Waals surface area contributed by atoms with Crippen LogP contribution >= 0.6 is 0 Å². The molecule has 0 spiro atoms. The van der Waals surface area contributed by atoms with Gasteiger partial charge in [0.25, 0.3) is 0 Å².